The van der Waals surface area contributed by atoms with Gasteiger partial charge < -0.3 is 15.4 Å². The van der Waals surface area contributed by atoms with Crippen LogP contribution in [0.25, 0.3) is 0 Å². The first-order valence-corrected chi connectivity index (χ1v) is 10.4. The summed E-state index contributed by atoms with van der Waals surface area (Å²) in [4.78, 5) is 25.2. The van der Waals surface area contributed by atoms with Crippen molar-refractivity contribution in [3.8, 4) is 0 Å². The highest BCUT2D eigenvalue weighted by Gasteiger charge is 2.54. The second kappa shape index (κ2) is 6.62. The Morgan fingerprint density at radius 2 is 1.44 bits per heavy atom. The number of rotatable bonds is 4. The third-order valence-electron chi connectivity index (χ3n) is 7.15. The Labute approximate surface area is 160 Å². The van der Waals surface area contributed by atoms with Gasteiger partial charge >= 0.3 is 0 Å². The Kier molecular flexibility index (Phi) is 4.23. The molecule has 1 heterocycles. The molecule has 5 heteroatoms. The number of carbonyl (C=O) groups excluding carboxylic acids is 2. The number of carbonyl (C=O) groups is 2. The lowest BCUT2D eigenvalue weighted by Gasteiger charge is -2.55. The molecule has 0 radical (unpaired) electrons. The number of ether oxygens (including phenoxy) is 1. The van der Waals surface area contributed by atoms with Gasteiger partial charge in [-0.3, -0.25) is 9.59 Å². The lowest BCUT2D eigenvalue weighted by molar-refractivity contribution is -0.140. The number of anilines is 2. The van der Waals surface area contributed by atoms with Crippen LogP contribution in [0.3, 0.4) is 0 Å². The van der Waals surface area contributed by atoms with Gasteiger partial charge in [-0.1, -0.05) is 0 Å². The molecule has 2 amide bonds. The van der Waals surface area contributed by atoms with Crippen molar-refractivity contribution in [2.45, 2.75) is 57.5 Å². The van der Waals surface area contributed by atoms with Crippen LogP contribution in [0.15, 0.2) is 24.3 Å². The first kappa shape index (κ1) is 17.2. The normalized spacial score (nSPS) is 36.6. The highest BCUT2D eigenvalue weighted by atomic mass is 16.5. The number of benzene rings is 1. The van der Waals surface area contributed by atoms with Gasteiger partial charge in [-0.05, 0) is 93.4 Å². The summed E-state index contributed by atoms with van der Waals surface area (Å²) in [6.45, 7) is 0.660. The van der Waals surface area contributed by atoms with E-state index in [0.29, 0.717) is 6.61 Å². The Balaban J connectivity index is 1.22. The van der Waals surface area contributed by atoms with Crippen molar-refractivity contribution in [2.24, 2.45) is 23.2 Å². The lowest BCUT2D eigenvalue weighted by atomic mass is 9.49. The number of amides is 2. The van der Waals surface area contributed by atoms with Gasteiger partial charge in [0.2, 0.25) is 5.91 Å². The van der Waals surface area contributed by atoms with Gasteiger partial charge in [-0.2, -0.15) is 0 Å². The molecule has 6 rings (SSSR count). The Bertz CT molecular complexity index is 701. The maximum absolute atomic E-state index is 13.1. The smallest absolute Gasteiger partial charge is 0.253 e. The SMILES string of the molecule is O=C(Nc1ccc(NC(=O)C23CC4CC(CC(C4)C2)C3)cc1)[C@H]1CCCO1. The van der Waals surface area contributed by atoms with Crippen LogP contribution in [0, 0.1) is 23.2 Å². The van der Waals surface area contributed by atoms with E-state index in [-0.39, 0.29) is 23.3 Å². The van der Waals surface area contributed by atoms with Gasteiger partial charge in [-0.15, -0.1) is 0 Å². The van der Waals surface area contributed by atoms with Crippen LogP contribution in [-0.2, 0) is 14.3 Å². The van der Waals surface area contributed by atoms with E-state index in [0.717, 1.165) is 61.2 Å². The maximum Gasteiger partial charge on any atom is 0.253 e. The van der Waals surface area contributed by atoms with Crippen molar-refractivity contribution in [3.63, 3.8) is 0 Å². The molecule has 1 saturated heterocycles. The van der Waals surface area contributed by atoms with E-state index in [4.69, 9.17) is 4.74 Å². The minimum Gasteiger partial charge on any atom is -0.368 e. The lowest BCUT2D eigenvalue weighted by Crippen LogP contribution is -2.51. The predicted octanol–water partition coefficient (Wildman–Crippen LogP) is 3.96. The summed E-state index contributed by atoms with van der Waals surface area (Å²) in [5.41, 5.74) is 1.41. The molecular weight excluding hydrogens is 340 g/mol. The van der Waals surface area contributed by atoms with E-state index >= 15 is 0 Å². The Morgan fingerprint density at radius 3 is 1.96 bits per heavy atom. The zero-order valence-corrected chi connectivity index (χ0v) is 15.7. The summed E-state index contributed by atoms with van der Waals surface area (Å²) in [6.07, 6.45) is 8.61. The molecule has 5 nitrogen and oxygen atoms in total. The van der Waals surface area contributed by atoms with E-state index in [1.807, 2.05) is 24.3 Å². The molecule has 144 valence electrons. The van der Waals surface area contributed by atoms with Crippen molar-refractivity contribution in [2.75, 3.05) is 17.2 Å². The van der Waals surface area contributed by atoms with Crippen LogP contribution in [0.5, 0.6) is 0 Å². The van der Waals surface area contributed by atoms with Crippen LogP contribution >= 0.6 is 0 Å². The topological polar surface area (TPSA) is 67.4 Å². The Morgan fingerprint density at radius 1 is 0.889 bits per heavy atom. The molecule has 1 aliphatic heterocycles. The van der Waals surface area contributed by atoms with Crippen molar-refractivity contribution in [1.29, 1.82) is 0 Å². The fourth-order valence-corrected chi connectivity index (χ4v) is 6.30. The van der Waals surface area contributed by atoms with Gasteiger partial charge in [0.1, 0.15) is 6.10 Å². The van der Waals surface area contributed by atoms with Crippen LogP contribution in [0.1, 0.15) is 51.4 Å². The highest BCUT2D eigenvalue weighted by Crippen LogP contribution is 2.60. The van der Waals surface area contributed by atoms with Crippen molar-refractivity contribution in [3.05, 3.63) is 24.3 Å². The molecule has 5 aliphatic rings. The van der Waals surface area contributed by atoms with Crippen LogP contribution in [0.2, 0.25) is 0 Å². The molecule has 5 fully saturated rings. The van der Waals surface area contributed by atoms with Crippen molar-refractivity contribution < 1.29 is 14.3 Å². The van der Waals surface area contributed by atoms with E-state index in [1.165, 1.54) is 19.3 Å². The van der Waals surface area contributed by atoms with E-state index in [2.05, 4.69) is 10.6 Å². The third kappa shape index (κ3) is 3.27. The molecule has 2 N–H and O–H groups in total. The Hall–Kier alpha value is -1.88. The minimum atomic E-state index is -0.333. The molecule has 4 aliphatic carbocycles. The van der Waals surface area contributed by atoms with Gasteiger partial charge in [-0.25, -0.2) is 0 Å². The second-order valence-corrected chi connectivity index (χ2v) is 9.22. The van der Waals surface area contributed by atoms with Gasteiger partial charge in [0.25, 0.3) is 5.91 Å². The van der Waals surface area contributed by atoms with Crippen LogP contribution in [0.4, 0.5) is 11.4 Å². The van der Waals surface area contributed by atoms with Crippen LogP contribution in [-0.4, -0.2) is 24.5 Å². The van der Waals surface area contributed by atoms with Crippen molar-refractivity contribution in [1.82, 2.24) is 0 Å². The first-order valence-electron chi connectivity index (χ1n) is 10.4. The number of hydrogen-bond donors (Lipinski definition) is 2. The molecular formula is C22H28N2O3. The molecule has 0 aromatic heterocycles. The van der Waals surface area contributed by atoms with E-state index in [9.17, 15) is 9.59 Å². The summed E-state index contributed by atoms with van der Waals surface area (Å²) >= 11 is 0. The summed E-state index contributed by atoms with van der Waals surface area (Å²) in [5, 5.41) is 6.05. The molecule has 4 saturated carbocycles. The summed E-state index contributed by atoms with van der Waals surface area (Å²) < 4.78 is 5.41. The molecule has 27 heavy (non-hydrogen) atoms. The summed E-state index contributed by atoms with van der Waals surface area (Å²) in [5.74, 6) is 2.41. The largest absolute Gasteiger partial charge is 0.368 e. The van der Waals surface area contributed by atoms with Gasteiger partial charge in [0.15, 0.2) is 0 Å². The number of nitrogens with one attached hydrogen (secondary N) is 2. The fraction of sp³-hybridized carbons (Fsp3) is 0.636. The fourth-order valence-electron chi connectivity index (χ4n) is 6.30. The molecule has 4 bridgehead atoms. The second-order valence-electron chi connectivity index (χ2n) is 9.22. The zero-order chi connectivity index (χ0) is 18.4. The average Bonchev–Trinajstić information content (AvgIpc) is 3.17. The monoisotopic (exact) mass is 368 g/mol. The van der Waals surface area contributed by atoms with E-state index in [1.54, 1.807) is 0 Å². The summed E-state index contributed by atoms with van der Waals surface area (Å²) in [6, 6.07) is 7.46. The minimum absolute atomic E-state index is 0.0853. The quantitative estimate of drug-likeness (QED) is 0.845. The molecule has 0 unspecified atom stereocenters. The number of hydrogen-bond acceptors (Lipinski definition) is 3. The van der Waals surface area contributed by atoms with Crippen LogP contribution < -0.4 is 10.6 Å². The third-order valence-corrected chi connectivity index (χ3v) is 7.15. The maximum atomic E-state index is 13.1. The summed E-state index contributed by atoms with van der Waals surface area (Å²) in [7, 11) is 0. The van der Waals surface area contributed by atoms with Gasteiger partial charge in [0.05, 0.1) is 5.41 Å². The average molecular weight is 368 g/mol. The molecule has 1 aromatic carbocycles. The molecule has 0 spiro atoms. The molecule has 1 atom stereocenters. The van der Waals surface area contributed by atoms with Gasteiger partial charge in [0, 0.05) is 18.0 Å². The first-order chi connectivity index (χ1) is 13.1. The highest BCUT2D eigenvalue weighted by molar-refractivity contribution is 5.97. The molecule has 1 aromatic rings. The zero-order valence-electron chi connectivity index (χ0n) is 15.7. The van der Waals surface area contributed by atoms with Crippen molar-refractivity contribution >= 4 is 23.2 Å². The van der Waals surface area contributed by atoms with E-state index < -0.39 is 0 Å². The standard InChI is InChI=1S/C22H28N2O3/c25-20(19-2-1-7-27-19)23-17-3-5-18(6-4-17)24-21(26)22-11-14-8-15(12-22)10-16(9-14)13-22/h3-6,14-16,19H,1-2,7-13H2,(H,23,25)(H,24,26)/t14?,15?,16?,19-,22?/m1/s1. The predicted molar refractivity (Wildman–Crippen MR) is 103 cm³/mol.